The van der Waals surface area contributed by atoms with Gasteiger partial charge in [-0.1, -0.05) is 111 Å². The summed E-state index contributed by atoms with van der Waals surface area (Å²) in [5, 5.41) is 2.82. The van der Waals surface area contributed by atoms with Gasteiger partial charge in [0.05, 0.1) is 19.8 Å². The number of carbonyl (C=O) groups is 7. The fourth-order valence-electron chi connectivity index (χ4n) is 6.42. The molecule has 0 rings (SSSR count). The number of amides is 1. The summed E-state index contributed by atoms with van der Waals surface area (Å²) in [6.07, 6.45) is 19.5. The molecule has 0 heterocycles. The molecule has 0 aliphatic rings. The normalized spacial score (nSPS) is 11.2. The number of nitrogens with one attached hydrogen (secondary N) is 1. The highest BCUT2D eigenvalue weighted by Gasteiger charge is 2.37. The first-order valence-electron chi connectivity index (χ1n) is 24.3. The Kier molecular flexibility index (Phi) is 38.5. The molecule has 0 aromatic carbocycles. The van der Waals surface area contributed by atoms with Crippen molar-refractivity contribution in [3.63, 3.8) is 0 Å². The first-order valence-corrected chi connectivity index (χ1v) is 24.3. The first-order chi connectivity index (χ1) is 30.4. The number of hydrogen-bond acceptors (Lipinski definition) is 14. The van der Waals surface area contributed by atoms with Crippen molar-refractivity contribution in [3.8, 4) is 0 Å². The van der Waals surface area contributed by atoms with Crippen LogP contribution in [0.2, 0.25) is 0 Å². The minimum Gasteiger partial charge on any atom is -0.466 e. The molecule has 366 valence electrons. The van der Waals surface area contributed by atoms with Crippen LogP contribution in [-0.2, 0) is 62.0 Å². The zero-order valence-corrected chi connectivity index (χ0v) is 40.0. The predicted molar refractivity (Wildman–Crippen MR) is 241 cm³/mol. The van der Waals surface area contributed by atoms with Crippen LogP contribution in [0.3, 0.4) is 0 Å². The van der Waals surface area contributed by atoms with Crippen LogP contribution in [0.25, 0.3) is 0 Å². The fourth-order valence-corrected chi connectivity index (χ4v) is 6.42. The van der Waals surface area contributed by atoms with Crippen molar-refractivity contribution in [1.82, 2.24) is 10.2 Å². The van der Waals surface area contributed by atoms with Crippen LogP contribution in [0.1, 0.15) is 201 Å². The van der Waals surface area contributed by atoms with Crippen LogP contribution >= 0.6 is 0 Å². The monoisotopic (exact) mass is 899 g/mol. The van der Waals surface area contributed by atoms with Crippen molar-refractivity contribution in [3.05, 3.63) is 0 Å². The molecule has 0 aliphatic heterocycles. The summed E-state index contributed by atoms with van der Waals surface area (Å²) in [7, 11) is 3.76. The van der Waals surface area contributed by atoms with Gasteiger partial charge in [-0.3, -0.25) is 33.6 Å². The molecule has 1 amide bonds. The minimum atomic E-state index is -1.65. The molecule has 0 bridgehead atoms. The maximum absolute atomic E-state index is 13.3. The summed E-state index contributed by atoms with van der Waals surface area (Å²) >= 11 is 0. The molecule has 0 saturated carbocycles. The molecule has 1 N–H and O–H groups in total. The zero-order valence-electron chi connectivity index (χ0n) is 40.0. The van der Waals surface area contributed by atoms with Crippen LogP contribution in [0, 0.1) is 0 Å². The van der Waals surface area contributed by atoms with E-state index in [0.29, 0.717) is 32.2 Å². The summed E-state index contributed by atoms with van der Waals surface area (Å²) in [6, 6.07) is 0. The van der Waals surface area contributed by atoms with Crippen LogP contribution < -0.4 is 5.32 Å². The first kappa shape index (κ1) is 59.2. The number of rotatable bonds is 43. The summed E-state index contributed by atoms with van der Waals surface area (Å²) in [5.41, 5.74) is -1.65. The molecule has 0 aliphatic carbocycles. The number of nitrogens with zero attached hydrogens (tertiary/aromatic N) is 1. The van der Waals surface area contributed by atoms with E-state index in [1.54, 1.807) is 0 Å². The molecular weight excluding hydrogens is 813 g/mol. The Labute approximate surface area is 379 Å². The van der Waals surface area contributed by atoms with E-state index in [4.69, 9.17) is 28.4 Å². The van der Waals surface area contributed by atoms with Gasteiger partial charge in [0.15, 0.2) is 0 Å². The molecule has 0 fully saturated rings. The van der Waals surface area contributed by atoms with Gasteiger partial charge in [0.1, 0.15) is 25.4 Å². The highest BCUT2D eigenvalue weighted by Crippen LogP contribution is 2.15. The Bertz CT molecular complexity index is 1190. The molecule has 15 heteroatoms. The summed E-state index contributed by atoms with van der Waals surface area (Å²) in [4.78, 5) is 90.5. The molecular formula is C48H86N2O13. The van der Waals surface area contributed by atoms with Gasteiger partial charge < -0.3 is 38.6 Å². The summed E-state index contributed by atoms with van der Waals surface area (Å²) in [5.74, 6) is -3.35. The van der Waals surface area contributed by atoms with Gasteiger partial charge >= 0.3 is 35.8 Å². The van der Waals surface area contributed by atoms with Gasteiger partial charge in [0.2, 0.25) is 5.91 Å². The predicted octanol–water partition coefficient (Wildman–Crippen LogP) is 8.64. The van der Waals surface area contributed by atoms with E-state index in [2.05, 4.69) is 26.1 Å². The Morgan fingerprint density at radius 2 is 0.651 bits per heavy atom. The standard InChI is InChI=1S/C48H86N2O13/c1-6-9-12-15-18-21-29-43(53)59-36-25-32-46(56)62-39-48(49-41(51)27-23-34-50(4)5,38-61-45(55)31-24-35-58-42(52)28-20-17-14-11-8-3)40-63-47(57)33-26-37-60-44(54)30-22-19-16-13-10-7-2/h6-40H2,1-5H3,(H,49,51). The van der Waals surface area contributed by atoms with Gasteiger partial charge in [0, 0.05) is 44.9 Å². The lowest BCUT2D eigenvalue weighted by atomic mass is 10.0. The number of esters is 6. The smallest absolute Gasteiger partial charge is 0.306 e. The second-order valence-electron chi connectivity index (χ2n) is 16.9. The van der Waals surface area contributed by atoms with E-state index in [-0.39, 0.29) is 82.7 Å². The largest absolute Gasteiger partial charge is 0.466 e. The van der Waals surface area contributed by atoms with E-state index < -0.39 is 49.2 Å². The van der Waals surface area contributed by atoms with Gasteiger partial charge in [-0.25, -0.2) is 0 Å². The lowest BCUT2D eigenvalue weighted by Gasteiger charge is -2.33. The highest BCUT2D eigenvalue weighted by molar-refractivity contribution is 5.77. The molecule has 0 radical (unpaired) electrons. The van der Waals surface area contributed by atoms with Crippen LogP contribution in [0.15, 0.2) is 0 Å². The average Bonchev–Trinajstić information content (AvgIpc) is 3.25. The molecule has 0 spiro atoms. The van der Waals surface area contributed by atoms with Gasteiger partial charge in [-0.15, -0.1) is 0 Å². The van der Waals surface area contributed by atoms with E-state index in [1.807, 2.05) is 19.0 Å². The Morgan fingerprint density at radius 1 is 0.365 bits per heavy atom. The quantitative estimate of drug-likeness (QED) is 0.0348. The second-order valence-corrected chi connectivity index (χ2v) is 16.9. The van der Waals surface area contributed by atoms with Crippen molar-refractivity contribution in [2.24, 2.45) is 0 Å². The van der Waals surface area contributed by atoms with E-state index in [0.717, 1.165) is 96.3 Å². The third-order valence-electron chi connectivity index (χ3n) is 10.3. The third-order valence-corrected chi connectivity index (χ3v) is 10.3. The van der Waals surface area contributed by atoms with Gasteiger partial charge in [0.25, 0.3) is 0 Å². The maximum atomic E-state index is 13.3. The van der Waals surface area contributed by atoms with Crippen molar-refractivity contribution in [1.29, 1.82) is 0 Å². The third kappa shape index (κ3) is 38.4. The lowest BCUT2D eigenvalue weighted by Crippen LogP contribution is -2.59. The molecule has 0 unspecified atom stereocenters. The molecule has 0 aromatic heterocycles. The molecule has 63 heavy (non-hydrogen) atoms. The Balaban J connectivity index is 5.52. The highest BCUT2D eigenvalue weighted by atomic mass is 16.6. The zero-order chi connectivity index (χ0) is 46.8. The Hall–Kier alpha value is -3.75. The lowest BCUT2D eigenvalue weighted by molar-refractivity contribution is -0.160. The topological polar surface area (TPSA) is 190 Å². The molecule has 0 atom stereocenters. The van der Waals surface area contributed by atoms with E-state index >= 15 is 0 Å². The summed E-state index contributed by atoms with van der Waals surface area (Å²) in [6.45, 7) is 5.68. The Morgan fingerprint density at radius 3 is 0.968 bits per heavy atom. The number of unbranched alkanes of at least 4 members (excludes halogenated alkanes) is 14. The molecule has 15 nitrogen and oxygen atoms in total. The van der Waals surface area contributed by atoms with Crippen molar-refractivity contribution in [2.75, 3.05) is 60.3 Å². The average molecular weight is 899 g/mol. The van der Waals surface area contributed by atoms with Crippen LogP contribution in [0.5, 0.6) is 0 Å². The van der Waals surface area contributed by atoms with Crippen molar-refractivity contribution >= 4 is 41.7 Å². The van der Waals surface area contributed by atoms with Crippen molar-refractivity contribution < 1.29 is 62.0 Å². The van der Waals surface area contributed by atoms with Gasteiger partial charge in [-0.05, 0) is 65.6 Å². The number of hydrogen-bond donors (Lipinski definition) is 1. The van der Waals surface area contributed by atoms with Crippen LogP contribution in [0.4, 0.5) is 0 Å². The number of ether oxygens (including phenoxy) is 6. The minimum absolute atomic E-state index is 0.0363. The SMILES string of the molecule is CCCCCCCCC(=O)OCCCC(=O)OCC(COC(=O)CCCOC(=O)CCCCCCC)(COC(=O)CCCOC(=O)CCCCCCCC)NC(=O)CCCN(C)C. The molecule has 0 aromatic rings. The van der Waals surface area contributed by atoms with Crippen LogP contribution in [-0.4, -0.2) is 112 Å². The van der Waals surface area contributed by atoms with Crippen molar-refractivity contribution in [2.45, 2.75) is 206 Å². The van der Waals surface area contributed by atoms with E-state index in [9.17, 15) is 33.6 Å². The molecule has 0 saturated heterocycles. The second kappa shape index (κ2) is 41.0. The van der Waals surface area contributed by atoms with Gasteiger partial charge in [-0.2, -0.15) is 0 Å². The van der Waals surface area contributed by atoms with E-state index in [1.165, 1.54) is 12.8 Å². The summed E-state index contributed by atoms with van der Waals surface area (Å²) < 4.78 is 32.7. The maximum Gasteiger partial charge on any atom is 0.306 e. The fraction of sp³-hybridized carbons (Fsp3) is 0.854. The number of carbonyl (C=O) groups excluding carboxylic acids is 7.